The molecule has 0 aliphatic heterocycles. The third kappa shape index (κ3) is 6.76. The minimum atomic E-state index is -0.501. The van der Waals surface area contributed by atoms with Crippen LogP contribution in [-0.2, 0) is 25.9 Å². The summed E-state index contributed by atoms with van der Waals surface area (Å²) < 4.78 is 4.53. The van der Waals surface area contributed by atoms with Gasteiger partial charge in [0.25, 0.3) is 23.6 Å². The number of amidine groups is 1. The first kappa shape index (κ1) is 27.9. The summed E-state index contributed by atoms with van der Waals surface area (Å²) in [4.78, 5) is 49.8. The first-order valence-electron chi connectivity index (χ1n) is 11.1. The Hall–Kier alpha value is -4.66. The van der Waals surface area contributed by atoms with Crippen LogP contribution in [0.3, 0.4) is 0 Å². The van der Waals surface area contributed by atoms with Crippen LogP contribution in [0.4, 0.5) is 17.2 Å². The van der Waals surface area contributed by atoms with Gasteiger partial charge in [0.2, 0.25) is 0 Å². The van der Waals surface area contributed by atoms with Gasteiger partial charge in [-0.15, -0.1) is 0 Å². The Morgan fingerprint density at radius 1 is 0.921 bits per heavy atom. The molecule has 0 aromatic carbocycles. The normalized spacial score (nSPS) is 10.5. The van der Waals surface area contributed by atoms with E-state index in [-0.39, 0.29) is 46.4 Å². The number of anilines is 3. The summed E-state index contributed by atoms with van der Waals surface area (Å²) in [6.07, 6.45) is 3.39. The van der Waals surface area contributed by atoms with Gasteiger partial charge < -0.3 is 36.1 Å². The molecule has 0 aliphatic carbocycles. The summed E-state index contributed by atoms with van der Waals surface area (Å²) in [5.74, 6) is -1.67. The second-order valence-electron chi connectivity index (χ2n) is 8.29. The molecule has 0 bridgehead atoms. The van der Waals surface area contributed by atoms with Crippen LogP contribution in [0.15, 0.2) is 41.7 Å². The minimum absolute atomic E-state index is 0.0289. The predicted octanol–water partition coefficient (Wildman–Crippen LogP) is 1.50. The zero-order chi connectivity index (χ0) is 28.1. The number of nitrogens with one attached hydrogen (secondary N) is 5. The molecule has 15 heteroatoms. The lowest BCUT2D eigenvalue weighted by molar-refractivity contribution is -0.112. The lowest BCUT2D eigenvalue weighted by Gasteiger charge is -2.04. The maximum atomic E-state index is 12.9. The van der Waals surface area contributed by atoms with Crippen molar-refractivity contribution in [1.29, 1.82) is 5.41 Å². The first-order chi connectivity index (χ1) is 17.8. The van der Waals surface area contributed by atoms with Crippen LogP contribution in [0.2, 0.25) is 0 Å². The van der Waals surface area contributed by atoms with E-state index in [1.807, 2.05) is 0 Å². The molecule has 0 saturated heterocycles. The van der Waals surface area contributed by atoms with Gasteiger partial charge in [-0.3, -0.25) is 29.3 Å². The summed E-state index contributed by atoms with van der Waals surface area (Å²) in [6.45, 7) is 3.70. The molecule has 3 aromatic rings. The fraction of sp³-hybridized carbons (Fsp3) is 0.217. The van der Waals surface area contributed by atoms with Crippen LogP contribution in [-0.4, -0.2) is 54.9 Å². The highest BCUT2D eigenvalue weighted by Crippen LogP contribution is 2.19. The van der Waals surface area contributed by atoms with Crippen molar-refractivity contribution < 1.29 is 19.2 Å². The highest BCUT2D eigenvalue weighted by atomic mass is 79.9. The summed E-state index contributed by atoms with van der Waals surface area (Å²) in [6, 6.07) is 4.43. The van der Waals surface area contributed by atoms with Gasteiger partial charge in [-0.05, 0) is 28.1 Å². The van der Waals surface area contributed by atoms with Crippen molar-refractivity contribution in [2.24, 2.45) is 26.9 Å². The molecule has 0 saturated carbocycles. The molecule has 0 unspecified atom stereocenters. The Balaban J connectivity index is 1.66. The highest BCUT2D eigenvalue weighted by Gasteiger charge is 2.19. The van der Waals surface area contributed by atoms with Gasteiger partial charge in [0.15, 0.2) is 5.82 Å². The number of nitrogens with zero attached hydrogens (tertiary/aromatic N) is 4. The average molecular weight is 587 g/mol. The fourth-order valence-electron chi connectivity index (χ4n) is 3.43. The second kappa shape index (κ2) is 11.6. The van der Waals surface area contributed by atoms with Crippen molar-refractivity contribution in [1.82, 2.24) is 24.2 Å². The molecular weight excluding hydrogens is 560 g/mol. The summed E-state index contributed by atoms with van der Waals surface area (Å²) in [5, 5.41) is 21.9. The smallest absolute Gasteiger partial charge is 0.274 e. The van der Waals surface area contributed by atoms with Crippen LogP contribution >= 0.6 is 15.9 Å². The van der Waals surface area contributed by atoms with E-state index in [0.29, 0.717) is 17.1 Å². The molecular formula is C23H27BrN10O4. The predicted molar refractivity (Wildman–Crippen MR) is 146 cm³/mol. The van der Waals surface area contributed by atoms with E-state index in [1.165, 1.54) is 22.9 Å². The number of carbonyl (C=O) groups excluding carboxylic acids is 4. The maximum absolute atomic E-state index is 12.9. The first-order valence-corrected chi connectivity index (χ1v) is 11.9. The van der Waals surface area contributed by atoms with Crippen LogP contribution in [0.5, 0.6) is 0 Å². The number of amides is 4. The molecule has 3 rings (SSSR count). The topological polar surface area (TPSA) is 194 Å². The number of aryl methyl sites for hydroxylation is 3. The SMILES string of the molecule is C=C(Br)C(=O)Nc1cc(C(=O)Nc2cc(C(=O)Nc3cc(C(=O)NCCC(=N)N)n(C)c3)n(C)c2)n(C)n1. The molecule has 200 valence electrons. The van der Waals surface area contributed by atoms with Gasteiger partial charge in [0.1, 0.15) is 17.1 Å². The van der Waals surface area contributed by atoms with Crippen LogP contribution < -0.4 is 27.0 Å². The highest BCUT2D eigenvalue weighted by molar-refractivity contribution is 9.12. The number of aromatic nitrogens is 4. The Kier molecular flexibility index (Phi) is 8.52. The van der Waals surface area contributed by atoms with Gasteiger partial charge in [0.05, 0.1) is 21.7 Å². The molecule has 4 amide bonds. The molecule has 0 spiro atoms. The van der Waals surface area contributed by atoms with Crippen molar-refractivity contribution >= 4 is 62.6 Å². The van der Waals surface area contributed by atoms with E-state index in [0.717, 1.165) is 0 Å². The number of nitrogens with two attached hydrogens (primary N) is 1. The Labute approximate surface area is 225 Å². The molecule has 0 radical (unpaired) electrons. The Morgan fingerprint density at radius 3 is 1.97 bits per heavy atom. The van der Waals surface area contributed by atoms with E-state index in [1.54, 1.807) is 42.7 Å². The van der Waals surface area contributed by atoms with Crippen molar-refractivity contribution in [3.8, 4) is 0 Å². The molecule has 0 fully saturated rings. The quantitative estimate of drug-likeness (QED) is 0.118. The minimum Gasteiger partial charge on any atom is -0.388 e. The number of halogens is 1. The molecule has 38 heavy (non-hydrogen) atoms. The van der Waals surface area contributed by atoms with Crippen molar-refractivity contribution in [3.05, 3.63) is 58.7 Å². The largest absolute Gasteiger partial charge is 0.388 e. The number of hydrogen-bond acceptors (Lipinski definition) is 6. The zero-order valence-electron chi connectivity index (χ0n) is 20.9. The van der Waals surface area contributed by atoms with Crippen LogP contribution in [0.1, 0.15) is 37.9 Å². The van der Waals surface area contributed by atoms with E-state index < -0.39 is 17.7 Å². The maximum Gasteiger partial charge on any atom is 0.274 e. The monoisotopic (exact) mass is 586 g/mol. The molecule has 3 heterocycles. The summed E-state index contributed by atoms with van der Waals surface area (Å²) in [5.41, 5.74) is 6.80. The van der Waals surface area contributed by atoms with E-state index in [4.69, 9.17) is 11.1 Å². The summed E-state index contributed by atoms with van der Waals surface area (Å²) >= 11 is 2.98. The number of carbonyl (C=O) groups is 4. The lowest BCUT2D eigenvalue weighted by Crippen LogP contribution is -2.28. The second-order valence-corrected chi connectivity index (χ2v) is 9.24. The third-order valence-electron chi connectivity index (χ3n) is 5.27. The number of hydrogen-bond donors (Lipinski definition) is 6. The molecule has 14 nitrogen and oxygen atoms in total. The van der Waals surface area contributed by atoms with Crippen LogP contribution in [0, 0.1) is 5.41 Å². The van der Waals surface area contributed by atoms with E-state index in [2.05, 4.69) is 48.9 Å². The molecule has 7 N–H and O–H groups in total. The fourth-order valence-corrected chi connectivity index (χ4v) is 3.53. The van der Waals surface area contributed by atoms with E-state index >= 15 is 0 Å². The van der Waals surface area contributed by atoms with Crippen molar-refractivity contribution in [3.63, 3.8) is 0 Å². The van der Waals surface area contributed by atoms with Gasteiger partial charge >= 0.3 is 0 Å². The standard InChI is InChI=1S/C23H27BrN10O4/c1-12(24)20(35)30-19-9-17(34(4)31-19)23(38)29-14-8-16(33(3)11-14)22(37)28-13-7-15(32(2)10-13)21(36)27-6-5-18(25)26/h7-11H,1,5-6H2,2-4H3,(H3,25,26)(H,27,36)(H,28,37)(H,29,38)(H,30,31,35). The summed E-state index contributed by atoms with van der Waals surface area (Å²) in [7, 11) is 4.86. The Bertz CT molecular complexity index is 1450. The third-order valence-corrected chi connectivity index (χ3v) is 5.63. The van der Waals surface area contributed by atoms with Crippen molar-refractivity contribution in [2.75, 3.05) is 22.5 Å². The van der Waals surface area contributed by atoms with Crippen molar-refractivity contribution in [2.45, 2.75) is 6.42 Å². The molecule has 3 aromatic heterocycles. The van der Waals surface area contributed by atoms with Crippen LogP contribution in [0.25, 0.3) is 0 Å². The molecule has 0 atom stereocenters. The molecule has 0 aliphatic rings. The zero-order valence-corrected chi connectivity index (χ0v) is 22.5. The van der Waals surface area contributed by atoms with Gasteiger partial charge in [-0.2, -0.15) is 5.10 Å². The average Bonchev–Trinajstić information content (AvgIpc) is 3.49. The van der Waals surface area contributed by atoms with Gasteiger partial charge in [0, 0.05) is 52.6 Å². The lowest BCUT2D eigenvalue weighted by atomic mass is 10.3. The van der Waals surface area contributed by atoms with Gasteiger partial charge in [-0.25, -0.2) is 0 Å². The Morgan fingerprint density at radius 2 is 1.45 bits per heavy atom. The number of rotatable bonds is 10. The van der Waals surface area contributed by atoms with E-state index in [9.17, 15) is 19.2 Å². The van der Waals surface area contributed by atoms with Gasteiger partial charge in [-0.1, -0.05) is 6.58 Å².